The van der Waals surface area contributed by atoms with Gasteiger partial charge in [-0.2, -0.15) is 0 Å². The second kappa shape index (κ2) is 10.2. The molecule has 5 heteroatoms. The predicted molar refractivity (Wildman–Crippen MR) is 133 cm³/mol. The van der Waals surface area contributed by atoms with Crippen molar-refractivity contribution in [1.82, 2.24) is 4.90 Å². The first-order valence-corrected chi connectivity index (χ1v) is 11.9. The average Bonchev–Trinajstić information content (AvgIpc) is 3.22. The molecule has 174 valence electrons. The third kappa shape index (κ3) is 5.08. The normalized spacial score (nSPS) is 16.8. The minimum Gasteiger partial charge on any atom is -0.494 e. The Balaban J connectivity index is 1.71. The van der Waals surface area contributed by atoms with Gasteiger partial charge in [0.2, 0.25) is 5.91 Å². The summed E-state index contributed by atoms with van der Waals surface area (Å²) in [6.45, 7) is 10.9. The highest BCUT2D eigenvalue weighted by Gasteiger charge is 2.21. The lowest BCUT2D eigenvalue weighted by atomic mass is 9.98. The number of hydrogen-bond acceptors (Lipinski definition) is 4. The number of piperidine rings is 1. The molecule has 0 N–H and O–H groups in total. The van der Waals surface area contributed by atoms with E-state index < -0.39 is 0 Å². The molecule has 3 aromatic rings. The molecule has 1 aliphatic rings. The molecule has 1 aromatic heterocycles. The number of benzene rings is 2. The molecular formula is C28H33NO4. The summed E-state index contributed by atoms with van der Waals surface area (Å²) in [5, 5.41) is 0.990. The molecule has 33 heavy (non-hydrogen) atoms. The van der Waals surface area contributed by atoms with Gasteiger partial charge in [-0.3, -0.25) is 4.79 Å². The maximum atomic E-state index is 13.0. The Hall–Kier alpha value is -3.21. The molecule has 0 saturated carbocycles. The van der Waals surface area contributed by atoms with Crippen molar-refractivity contribution < 1.29 is 18.7 Å². The number of nitrogens with zero attached hydrogens (tertiary/aromatic N) is 1. The highest BCUT2D eigenvalue weighted by atomic mass is 16.5. The summed E-state index contributed by atoms with van der Waals surface area (Å²) in [4.78, 5) is 14.9. The lowest BCUT2D eigenvalue weighted by molar-refractivity contribution is -0.127. The Labute approximate surface area is 196 Å². The number of likely N-dealkylation sites (tertiary alicyclic amines) is 1. The second-order valence-electron chi connectivity index (χ2n) is 8.74. The molecule has 1 aliphatic heterocycles. The molecule has 1 amide bonds. The summed E-state index contributed by atoms with van der Waals surface area (Å²) in [5.41, 5.74) is 4.61. The van der Waals surface area contributed by atoms with Crippen LogP contribution in [0.2, 0.25) is 0 Å². The number of fused-ring (bicyclic) bond motifs is 1. The van der Waals surface area contributed by atoms with Crippen LogP contribution in [0.4, 0.5) is 0 Å². The van der Waals surface area contributed by atoms with Gasteiger partial charge in [-0.05, 0) is 68.9 Å². The minimum atomic E-state index is 0.0699. The topological polar surface area (TPSA) is 51.9 Å². The molecule has 2 aromatic carbocycles. The zero-order valence-electron chi connectivity index (χ0n) is 20.0. The number of ether oxygens (including phenoxy) is 2. The monoisotopic (exact) mass is 447 g/mol. The fourth-order valence-electron chi connectivity index (χ4n) is 4.50. The number of rotatable bonds is 7. The van der Waals surface area contributed by atoms with Gasteiger partial charge < -0.3 is 18.8 Å². The van der Waals surface area contributed by atoms with Gasteiger partial charge in [0.15, 0.2) is 0 Å². The van der Waals surface area contributed by atoms with Crippen LogP contribution in [0.3, 0.4) is 0 Å². The Bertz CT molecular complexity index is 1140. The van der Waals surface area contributed by atoms with Gasteiger partial charge in [-0.25, -0.2) is 0 Å². The quantitative estimate of drug-likeness (QED) is 0.385. The first kappa shape index (κ1) is 23.0. The molecule has 0 aliphatic carbocycles. The molecule has 2 heterocycles. The van der Waals surface area contributed by atoms with E-state index in [9.17, 15) is 4.79 Å². The van der Waals surface area contributed by atoms with Gasteiger partial charge >= 0.3 is 0 Å². The number of hydrogen-bond donors (Lipinski definition) is 0. The first-order valence-electron chi connectivity index (χ1n) is 11.9. The Morgan fingerprint density at radius 2 is 1.91 bits per heavy atom. The maximum absolute atomic E-state index is 13.0. The van der Waals surface area contributed by atoms with E-state index >= 15 is 0 Å². The van der Waals surface area contributed by atoms with E-state index in [0.717, 1.165) is 64.2 Å². The minimum absolute atomic E-state index is 0.0699. The molecule has 5 nitrogen and oxygen atoms in total. The van der Waals surface area contributed by atoms with Gasteiger partial charge in [0.1, 0.15) is 17.1 Å². The third-order valence-corrected chi connectivity index (χ3v) is 6.19. The molecular weight excluding hydrogens is 414 g/mol. The predicted octanol–water partition coefficient (Wildman–Crippen LogP) is 6.56. The van der Waals surface area contributed by atoms with Crippen molar-refractivity contribution in [3.05, 3.63) is 54.3 Å². The Morgan fingerprint density at radius 3 is 2.61 bits per heavy atom. The first-order chi connectivity index (χ1) is 16.0. The lowest BCUT2D eigenvalue weighted by Crippen LogP contribution is -2.38. The van der Waals surface area contributed by atoms with Crippen molar-refractivity contribution in [2.45, 2.75) is 40.5 Å². The standard InChI is InChI=1S/C28H33NO4/c1-5-31-22-11-9-21(10-12-22)25-18-33-27-16-26(32-6-2)23(15-24(25)27)20(4)14-28(30)29-13-7-8-19(3)17-29/h9-12,14-16,18-19H,5-8,13,17H2,1-4H3/b20-14+. The summed E-state index contributed by atoms with van der Waals surface area (Å²) in [5.74, 6) is 2.19. The van der Waals surface area contributed by atoms with Crippen molar-refractivity contribution in [1.29, 1.82) is 0 Å². The maximum Gasteiger partial charge on any atom is 0.246 e. The van der Waals surface area contributed by atoms with Crippen LogP contribution >= 0.6 is 0 Å². The fraction of sp³-hybridized carbons (Fsp3) is 0.393. The summed E-state index contributed by atoms with van der Waals surface area (Å²) in [7, 11) is 0. The summed E-state index contributed by atoms with van der Waals surface area (Å²) in [6, 6.07) is 12.0. The van der Waals surface area contributed by atoms with E-state index in [1.54, 1.807) is 12.3 Å². The van der Waals surface area contributed by atoms with Crippen molar-refractivity contribution in [2.75, 3.05) is 26.3 Å². The average molecular weight is 448 g/mol. The van der Waals surface area contributed by atoms with Gasteiger partial charge in [0.05, 0.1) is 19.5 Å². The highest BCUT2D eigenvalue weighted by molar-refractivity contribution is 6.00. The molecule has 0 bridgehead atoms. The van der Waals surface area contributed by atoms with Crippen LogP contribution in [0.25, 0.3) is 27.7 Å². The van der Waals surface area contributed by atoms with Crippen molar-refractivity contribution >= 4 is 22.4 Å². The van der Waals surface area contributed by atoms with Crippen LogP contribution in [0.1, 0.15) is 46.1 Å². The van der Waals surface area contributed by atoms with E-state index in [4.69, 9.17) is 13.9 Å². The van der Waals surface area contributed by atoms with Gasteiger partial charge in [-0.1, -0.05) is 19.1 Å². The van der Waals surface area contributed by atoms with Crippen LogP contribution in [-0.2, 0) is 4.79 Å². The smallest absolute Gasteiger partial charge is 0.246 e. The summed E-state index contributed by atoms with van der Waals surface area (Å²) < 4.78 is 17.4. The number of carbonyl (C=O) groups is 1. The largest absolute Gasteiger partial charge is 0.494 e. The number of amides is 1. The van der Waals surface area contributed by atoms with E-state index in [1.165, 1.54) is 6.42 Å². The van der Waals surface area contributed by atoms with Crippen LogP contribution in [0, 0.1) is 5.92 Å². The number of allylic oxidation sites excluding steroid dienone is 1. The van der Waals surface area contributed by atoms with E-state index in [-0.39, 0.29) is 5.91 Å². The molecule has 1 saturated heterocycles. The molecule has 0 radical (unpaired) electrons. The third-order valence-electron chi connectivity index (χ3n) is 6.19. The molecule has 1 fully saturated rings. The number of furan rings is 1. The summed E-state index contributed by atoms with van der Waals surface area (Å²) >= 11 is 0. The molecule has 1 unspecified atom stereocenters. The summed E-state index contributed by atoms with van der Waals surface area (Å²) in [6.07, 6.45) is 5.78. The molecule has 0 spiro atoms. The lowest BCUT2D eigenvalue weighted by Gasteiger charge is -2.30. The van der Waals surface area contributed by atoms with Crippen molar-refractivity contribution in [3.8, 4) is 22.6 Å². The van der Waals surface area contributed by atoms with Gasteiger partial charge in [0.25, 0.3) is 0 Å². The zero-order valence-corrected chi connectivity index (χ0v) is 20.0. The van der Waals surface area contributed by atoms with Gasteiger partial charge in [-0.15, -0.1) is 0 Å². The van der Waals surface area contributed by atoms with Gasteiger partial charge in [0, 0.05) is 41.7 Å². The van der Waals surface area contributed by atoms with Crippen LogP contribution in [0.5, 0.6) is 11.5 Å². The van der Waals surface area contributed by atoms with Crippen LogP contribution in [0.15, 0.2) is 53.2 Å². The highest BCUT2D eigenvalue weighted by Crippen LogP contribution is 2.38. The SMILES string of the molecule is CCOc1ccc(-c2coc3cc(OCC)c(/C(C)=C/C(=O)N4CCCC(C)C4)cc23)cc1. The number of carbonyl (C=O) groups excluding carboxylic acids is 1. The van der Waals surface area contributed by atoms with E-state index in [2.05, 4.69) is 13.0 Å². The van der Waals surface area contributed by atoms with E-state index in [1.807, 2.05) is 56.0 Å². The Kier molecular flexibility index (Phi) is 7.07. The van der Waals surface area contributed by atoms with Crippen LogP contribution in [-0.4, -0.2) is 37.1 Å². The van der Waals surface area contributed by atoms with E-state index in [0.29, 0.717) is 19.1 Å². The van der Waals surface area contributed by atoms with Crippen LogP contribution < -0.4 is 9.47 Å². The fourth-order valence-corrected chi connectivity index (χ4v) is 4.50. The van der Waals surface area contributed by atoms with Crippen molar-refractivity contribution in [3.63, 3.8) is 0 Å². The molecule has 4 rings (SSSR count). The Morgan fingerprint density at radius 1 is 1.15 bits per heavy atom. The van der Waals surface area contributed by atoms with Crippen molar-refractivity contribution in [2.24, 2.45) is 5.92 Å². The zero-order chi connectivity index (χ0) is 23.4. The molecule has 1 atom stereocenters. The second-order valence-corrected chi connectivity index (χ2v) is 8.74.